The Kier molecular flexibility index (Phi) is 4.69. The lowest BCUT2D eigenvalue weighted by atomic mass is 10.0. The summed E-state index contributed by atoms with van der Waals surface area (Å²) >= 11 is 0. The van der Waals surface area contributed by atoms with Crippen molar-refractivity contribution in [1.82, 2.24) is 0 Å². The molecule has 0 unspecified atom stereocenters. The first kappa shape index (κ1) is 11.6. The van der Waals surface area contributed by atoms with Crippen molar-refractivity contribution < 1.29 is 4.74 Å². The van der Waals surface area contributed by atoms with Crippen molar-refractivity contribution in [3.8, 4) is 0 Å². The molecule has 0 N–H and O–H groups in total. The summed E-state index contributed by atoms with van der Waals surface area (Å²) in [5, 5.41) is 0. The first-order valence-corrected chi connectivity index (χ1v) is 5.19. The molecule has 0 atom stereocenters. The molecule has 0 spiro atoms. The fourth-order valence-electron chi connectivity index (χ4n) is 1.60. The molecule has 0 aliphatic heterocycles. The van der Waals surface area contributed by atoms with Crippen LogP contribution in [-0.4, -0.2) is 0 Å². The van der Waals surface area contributed by atoms with Crippen LogP contribution in [-0.2, 0) is 17.8 Å². The highest BCUT2D eigenvalue weighted by atomic mass is 16.5. The third-order valence-corrected chi connectivity index (χ3v) is 2.20. The zero-order chi connectivity index (χ0) is 11.1. The summed E-state index contributed by atoms with van der Waals surface area (Å²) < 4.78 is 5.18. The van der Waals surface area contributed by atoms with Gasteiger partial charge in [-0.15, -0.1) is 6.58 Å². The van der Waals surface area contributed by atoms with E-state index >= 15 is 0 Å². The molecule has 0 radical (unpaired) electrons. The van der Waals surface area contributed by atoms with E-state index in [1.165, 1.54) is 23.0 Å². The van der Waals surface area contributed by atoms with Gasteiger partial charge in [-0.1, -0.05) is 36.4 Å². The van der Waals surface area contributed by atoms with Crippen LogP contribution in [0.5, 0.6) is 0 Å². The SMILES string of the molecule is C=CCCc1cc(C)cc(COC=C)c1. The molecule has 0 fully saturated rings. The lowest BCUT2D eigenvalue weighted by Crippen LogP contribution is -1.92. The molecule has 0 aromatic heterocycles. The van der Waals surface area contributed by atoms with Crippen LogP contribution >= 0.6 is 0 Å². The number of allylic oxidation sites excluding steroid dienone is 1. The lowest BCUT2D eigenvalue weighted by Gasteiger charge is -2.06. The molecular weight excluding hydrogens is 184 g/mol. The average molecular weight is 202 g/mol. The number of aryl methyl sites for hydroxylation is 2. The van der Waals surface area contributed by atoms with Crippen molar-refractivity contribution in [3.63, 3.8) is 0 Å². The number of benzene rings is 1. The summed E-state index contributed by atoms with van der Waals surface area (Å²) in [6.07, 6.45) is 5.49. The number of rotatable bonds is 6. The largest absolute Gasteiger partial charge is 0.497 e. The van der Waals surface area contributed by atoms with Crippen LogP contribution in [0.3, 0.4) is 0 Å². The topological polar surface area (TPSA) is 9.23 Å². The second-order valence-corrected chi connectivity index (χ2v) is 3.63. The maximum atomic E-state index is 5.18. The van der Waals surface area contributed by atoms with Crippen LogP contribution in [0, 0.1) is 6.92 Å². The van der Waals surface area contributed by atoms with Gasteiger partial charge >= 0.3 is 0 Å². The minimum Gasteiger partial charge on any atom is -0.497 e. The van der Waals surface area contributed by atoms with Crippen LogP contribution in [0.4, 0.5) is 0 Å². The molecule has 0 heterocycles. The fraction of sp³-hybridized carbons (Fsp3) is 0.286. The van der Waals surface area contributed by atoms with Crippen molar-refractivity contribution in [2.45, 2.75) is 26.4 Å². The highest BCUT2D eigenvalue weighted by Gasteiger charge is 1.98. The lowest BCUT2D eigenvalue weighted by molar-refractivity contribution is 0.237. The molecule has 80 valence electrons. The minimum atomic E-state index is 0.603. The Morgan fingerprint density at radius 2 is 1.93 bits per heavy atom. The summed E-state index contributed by atoms with van der Waals surface area (Å²) in [6.45, 7) is 9.98. The van der Waals surface area contributed by atoms with Gasteiger partial charge in [0.1, 0.15) is 6.61 Å². The van der Waals surface area contributed by atoms with Gasteiger partial charge in [-0.05, 0) is 30.9 Å². The number of hydrogen-bond donors (Lipinski definition) is 0. The molecule has 0 saturated heterocycles. The summed E-state index contributed by atoms with van der Waals surface area (Å²) in [4.78, 5) is 0. The van der Waals surface area contributed by atoms with E-state index < -0.39 is 0 Å². The number of ether oxygens (including phenoxy) is 1. The van der Waals surface area contributed by atoms with Crippen LogP contribution in [0.1, 0.15) is 23.1 Å². The molecule has 0 amide bonds. The predicted octanol–water partition coefficient (Wildman–Crippen LogP) is 3.77. The molecular formula is C14H18O. The molecule has 1 aromatic carbocycles. The van der Waals surface area contributed by atoms with Crippen LogP contribution in [0.2, 0.25) is 0 Å². The van der Waals surface area contributed by atoms with E-state index in [1.807, 2.05) is 6.08 Å². The normalized spacial score (nSPS) is 9.67. The monoisotopic (exact) mass is 202 g/mol. The molecule has 1 heteroatoms. The maximum absolute atomic E-state index is 5.18. The van der Waals surface area contributed by atoms with Crippen LogP contribution in [0.15, 0.2) is 43.7 Å². The Morgan fingerprint density at radius 3 is 2.60 bits per heavy atom. The summed E-state index contributed by atoms with van der Waals surface area (Å²) in [7, 11) is 0. The quantitative estimate of drug-likeness (QED) is 0.504. The maximum Gasteiger partial charge on any atom is 0.112 e. The number of hydrogen-bond acceptors (Lipinski definition) is 1. The van der Waals surface area contributed by atoms with Crippen LogP contribution in [0.25, 0.3) is 0 Å². The average Bonchev–Trinajstić information content (AvgIpc) is 2.23. The third-order valence-electron chi connectivity index (χ3n) is 2.20. The van der Waals surface area contributed by atoms with E-state index in [9.17, 15) is 0 Å². The van der Waals surface area contributed by atoms with Crippen molar-refractivity contribution in [2.24, 2.45) is 0 Å². The van der Waals surface area contributed by atoms with Crippen LogP contribution < -0.4 is 0 Å². The molecule has 0 bridgehead atoms. The van der Waals surface area contributed by atoms with E-state index in [1.54, 1.807) is 0 Å². The second kappa shape index (κ2) is 6.07. The first-order chi connectivity index (χ1) is 7.26. The van der Waals surface area contributed by atoms with Gasteiger partial charge in [-0.2, -0.15) is 0 Å². The second-order valence-electron chi connectivity index (χ2n) is 3.63. The molecule has 1 rings (SSSR count). The van der Waals surface area contributed by atoms with E-state index in [0.717, 1.165) is 12.8 Å². The van der Waals surface area contributed by atoms with Gasteiger partial charge in [0, 0.05) is 0 Å². The molecule has 1 nitrogen and oxygen atoms in total. The summed E-state index contributed by atoms with van der Waals surface area (Å²) in [5.74, 6) is 0. The van der Waals surface area contributed by atoms with Gasteiger partial charge in [0.15, 0.2) is 0 Å². The summed E-state index contributed by atoms with van der Waals surface area (Å²) in [6, 6.07) is 6.53. The van der Waals surface area contributed by atoms with Gasteiger partial charge in [0.25, 0.3) is 0 Å². The van der Waals surface area contributed by atoms with E-state index in [2.05, 4.69) is 38.3 Å². The Labute approximate surface area is 92.1 Å². The Morgan fingerprint density at radius 1 is 1.20 bits per heavy atom. The van der Waals surface area contributed by atoms with Gasteiger partial charge < -0.3 is 4.74 Å². The van der Waals surface area contributed by atoms with Gasteiger partial charge in [-0.25, -0.2) is 0 Å². The zero-order valence-electron chi connectivity index (χ0n) is 9.33. The zero-order valence-corrected chi connectivity index (χ0v) is 9.33. The molecule has 0 aliphatic rings. The van der Waals surface area contributed by atoms with E-state index in [-0.39, 0.29) is 0 Å². The van der Waals surface area contributed by atoms with Gasteiger partial charge in [0.05, 0.1) is 6.26 Å². The Balaban J connectivity index is 2.74. The van der Waals surface area contributed by atoms with Crippen molar-refractivity contribution in [2.75, 3.05) is 0 Å². The fourth-order valence-corrected chi connectivity index (χ4v) is 1.60. The van der Waals surface area contributed by atoms with E-state index in [4.69, 9.17) is 4.74 Å². The van der Waals surface area contributed by atoms with Crippen molar-refractivity contribution in [3.05, 3.63) is 60.4 Å². The molecule has 15 heavy (non-hydrogen) atoms. The highest BCUT2D eigenvalue weighted by Crippen LogP contribution is 2.12. The molecule has 1 aromatic rings. The van der Waals surface area contributed by atoms with Gasteiger partial charge in [-0.3, -0.25) is 0 Å². The molecule has 0 aliphatic carbocycles. The smallest absolute Gasteiger partial charge is 0.112 e. The standard InChI is InChI=1S/C14H18O/c1-4-6-7-13-8-12(3)9-14(10-13)11-15-5-2/h4-5,8-10H,1-2,6-7,11H2,3H3. The Hall–Kier alpha value is -1.50. The minimum absolute atomic E-state index is 0.603. The van der Waals surface area contributed by atoms with Crippen molar-refractivity contribution >= 4 is 0 Å². The van der Waals surface area contributed by atoms with E-state index in [0.29, 0.717) is 6.61 Å². The Bertz CT molecular complexity index is 309. The first-order valence-electron chi connectivity index (χ1n) is 5.19. The predicted molar refractivity (Wildman–Crippen MR) is 64.7 cm³/mol. The van der Waals surface area contributed by atoms with Crippen molar-refractivity contribution in [1.29, 1.82) is 0 Å². The third kappa shape index (κ3) is 4.03. The van der Waals surface area contributed by atoms with Gasteiger partial charge in [0.2, 0.25) is 0 Å². The molecule has 0 saturated carbocycles. The highest BCUT2D eigenvalue weighted by molar-refractivity contribution is 5.29. The summed E-state index contributed by atoms with van der Waals surface area (Å²) in [5.41, 5.74) is 3.82.